The summed E-state index contributed by atoms with van der Waals surface area (Å²) < 4.78 is 1.74. The Balaban J connectivity index is 1.78. The van der Waals surface area contributed by atoms with Crippen molar-refractivity contribution < 1.29 is 0 Å². The summed E-state index contributed by atoms with van der Waals surface area (Å²) in [6.07, 6.45) is 3.58. The van der Waals surface area contributed by atoms with E-state index in [9.17, 15) is 0 Å². The van der Waals surface area contributed by atoms with E-state index in [4.69, 9.17) is 0 Å². The van der Waals surface area contributed by atoms with Crippen LogP contribution < -0.4 is 0 Å². The predicted molar refractivity (Wildman–Crippen MR) is 73.0 cm³/mol. The van der Waals surface area contributed by atoms with Gasteiger partial charge >= 0.3 is 0 Å². The number of para-hydroxylation sites is 1. The zero-order valence-corrected chi connectivity index (χ0v) is 10.9. The Morgan fingerprint density at radius 1 is 1.00 bits per heavy atom. The standard InChI is InChI=1S/C13H11N5S/c1-2-4-12(5-3-1)18-13(15-16-17-18)19-10-11-6-8-14-9-7-11/h1-9H,10H2. The number of rotatable bonds is 4. The molecular weight excluding hydrogens is 258 g/mol. The number of hydrogen-bond acceptors (Lipinski definition) is 5. The average molecular weight is 269 g/mol. The molecule has 0 atom stereocenters. The molecule has 0 unspecified atom stereocenters. The summed E-state index contributed by atoms with van der Waals surface area (Å²) in [5, 5.41) is 12.6. The number of aromatic nitrogens is 5. The second kappa shape index (κ2) is 5.62. The highest BCUT2D eigenvalue weighted by Gasteiger charge is 2.08. The molecule has 94 valence electrons. The van der Waals surface area contributed by atoms with Crippen molar-refractivity contribution in [2.24, 2.45) is 0 Å². The maximum Gasteiger partial charge on any atom is 0.214 e. The molecule has 0 aliphatic rings. The zero-order chi connectivity index (χ0) is 12.9. The third kappa shape index (κ3) is 2.79. The molecule has 0 N–H and O–H groups in total. The van der Waals surface area contributed by atoms with Crippen LogP contribution in [0.5, 0.6) is 0 Å². The molecule has 3 rings (SSSR count). The van der Waals surface area contributed by atoms with Gasteiger partial charge in [-0.15, -0.1) is 5.10 Å². The van der Waals surface area contributed by atoms with Crippen LogP contribution in [-0.4, -0.2) is 25.2 Å². The van der Waals surface area contributed by atoms with E-state index < -0.39 is 0 Å². The molecule has 0 aliphatic carbocycles. The fourth-order valence-electron chi connectivity index (χ4n) is 1.63. The molecular formula is C13H11N5S. The van der Waals surface area contributed by atoms with E-state index in [-0.39, 0.29) is 0 Å². The minimum atomic E-state index is 0.781. The highest BCUT2D eigenvalue weighted by Crippen LogP contribution is 2.21. The third-order valence-corrected chi connectivity index (χ3v) is 3.55. The van der Waals surface area contributed by atoms with Gasteiger partial charge in [0.25, 0.3) is 0 Å². The van der Waals surface area contributed by atoms with Gasteiger partial charge in [0.05, 0.1) is 5.69 Å². The van der Waals surface area contributed by atoms with Crippen molar-refractivity contribution in [2.75, 3.05) is 0 Å². The number of pyridine rings is 1. The topological polar surface area (TPSA) is 56.5 Å². The molecule has 0 radical (unpaired) electrons. The Labute approximate surface area is 114 Å². The van der Waals surface area contributed by atoms with Crippen LogP contribution in [0.1, 0.15) is 5.56 Å². The van der Waals surface area contributed by atoms with Gasteiger partial charge in [-0.3, -0.25) is 4.98 Å². The van der Waals surface area contributed by atoms with Gasteiger partial charge in [0, 0.05) is 18.1 Å². The summed E-state index contributed by atoms with van der Waals surface area (Å²) in [6.45, 7) is 0. The molecule has 0 bridgehead atoms. The normalized spacial score (nSPS) is 10.5. The first kappa shape index (κ1) is 11.9. The van der Waals surface area contributed by atoms with Crippen LogP contribution in [0.4, 0.5) is 0 Å². The van der Waals surface area contributed by atoms with E-state index in [1.165, 1.54) is 5.56 Å². The number of tetrazole rings is 1. The fourth-order valence-corrected chi connectivity index (χ4v) is 2.47. The van der Waals surface area contributed by atoms with Crippen molar-refractivity contribution in [1.82, 2.24) is 25.2 Å². The molecule has 0 saturated carbocycles. The lowest BCUT2D eigenvalue weighted by atomic mass is 10.3. The number of thioether (sulfide) groups is 1. The summed E-state index contributed by atoms with van der Waals surface area (Å²) in [5.74, 6) is 0.815. The first-order valence-corrected chi connectivity index (χ1v) is 6.77. The van der Waals surface area contributed by atoms with Gasteiger partial charge < -0.3 is 0 Å². The van der Waals surface area contributed by atoms with Crippen LogP contribution in [0, 0.1) is 0 Å². The minimum absolute atomic E-state index is 0.781. The molecule has 3 aromatic rings. The van der Waals surface area contributed by atoms with Gasteiger partial charge in [-0.05, 0) is 40.3 Å². The molecule has 1 aromatic carbocycles. The van der Waals surface area contributed by atoms with E-state index in [2.05, 4.69) is 20.5 Å². The van der Waals surface area contributed by atoms with Crippen LogP contribution in [0.15, 0.2) is 60.0 Å². The van der Waals surface area contributed by atoms with Crippen molar-refractivity contribution in [3.63, 3.8) is 0 Å². The molecule has 19 heavy (non-hydrogen) atoms. The van der Waals surface area contributed by atoms with E-state index in [0.717, 1.165) is 16.6 Å². The fraction of sp³-hybridized carbons (Fsp3) is 0.0769. The van der Waals surface area contributed by atoms with Gasteiger partial charge in [0.2, 0.25) is 5.16 Å². The summed E-state index contributed by atoms with van der Waals surface area (Å²) in [6, 6.07) is 13.8. The molecule has 2 aromatic heterocycles. The van der Waals surface area contributed by atoms with Crippen molar-refractivity contribution in [2.45, 2.75) is 10.9 Å². The van der Waals surface area contributed by atoms with E-state index in [1.54, 1.807) is 28.8 Å². The summed E-state index contributed by atoms with van der Waals surface area (Å²) >= 11 is 1.60. The Bertz CT molecular complexity index is 638. The Hall–Kier alpha value is -2.21. The average Bonchev–Trinajstić information content (AvgIpc) is 2.95. The first-order chi connectivity index (χ1) is 9.43. The van der Waals surface area contributed by atoms with E-state index in [0.29, 0.717) is 0 Å². The molecule has 0 saturated heterocycles. The van der Waals surface area contributed by atoms with Crippen molar-refractivity contribution in [3.8, 4) is 5.69 Å². The van der Waals surface area contributed by atoms with Crippen molar-refractivity contribution >= 4 is 11.8 Å². The molecule has 0 amide bonds. The lowest BCUT2D eigenvalue weighted by Gasteiger charge is -2.03. The van der Waals surface area contributed by atoms with Crippen LogP contribution >= 0.6 is 11.8 Å². The minimum Gasteiger partial charge on any atom is -0.265 e. The zero-order valence-electron chi connectivity index (χ0n) is 10.0. The van der Waals surface area contributed by atoms with Crippen LogP contribution in [0.3, 0.4) is 0 Å². The molecule has 5 nitrogen and oxygen atoms in total. The van der Waals surface area contributed by atoms with Gasteiger partial charge in [-0.1, -0.05) is 30.0 Å². The first-order valence-electron chi connectivity index (χ1n) is 5.79. The number of benzene rings is 1. The third-order valence-electron chi connectivity index (χ3n) is 2.56. The monoisotopic (exact) mass is 269 g/mol. The SMILES string of the molecule is c1ccc(-n2nnnc2SCc2ccncc2)cc1. The maximum absolute atomic E-state index is 4.06. The maximum atomic E-state index is 4.06. The van der Waals surface area contributed by atoms with Crippen molar-refractivity contribution in [3.05, 3.63) is 60.4 Å². The van der Waals surface area contributed by atoms with Gasteiger partial charge in [0.15, 0.2) is 0 Å². The molecule has 6 heteroatoms. The second-order valence-corrected chi connectivity index (χ2v) is 4.80. The van der Waals surface area contributed by atoms with E-state index in [1.807, 2.05) is 42.5 Å². The molecule has 0 fully saturated rings. The number of hydrogen-bond donors (Lipinski definition) is 0. The lowest BCUT2D eigenvalue weighted by Crippen LogP contribution is -1.98. The van der Waals surface area contributed by atoms with Gasteiger partial charge in [-0.25, -0.2) is 0 Å². The Kier molecular flexibility index (Phi) is 3.51. The largest absolute Gasteiger partial charge is 0.265 e. The van der Waals surface area contributed by atoms with Crippen LogP contribution in [0.25, 0.3) is 5.69 Å². The van der Waals surface area contributed by atoms with Crippen molar-refractivity contribution in [1.29, 1.82) is 0 Å². The van der Waals surface area contributed by atoms with Crippen LogP contribution in [-0.2, 0) is 5.75 Å². The summed E-state index contributed by atoms with van der Waals surface area (Å²) in [7, 11) is 0. The van der Waals surface area contributed by atoms with Gasteiger partial charge in [0.1, 0.15) is 0 Å². The molecule has 2 heterocycles. The molecule has 0 spiro atoms. The quantitative estimate of drug-likeness (QED) is 0.680. The summed E-state index contributed by atoms with van der Waals surface area (Å²) in [4.78, 5) is 4.00. The van der Waals surface area contributed by atoms with Crippen LogP contribution in [0.2, 0.25) is 0 Å². The predicted octanol–water partition coefficient (Wildman–Crippen LogP) is 2.35. The highest BCUT2D eigenvalue weighted by molar-refractivity contribution is 7.98. The highest BCUT2D eigenvalue weighted by atomic mass is 32.2. The molecule has 0 aliphatic heterocycles. The lowest BCUT2D eigenvalue weighted by molar-refractivity contribution is 0.756. The van der Waals surface area contributed by atoms with Gasteiger partial charge in [-0.2, -0.15) is 4.68 Å². The summed E-state index contributed by atoms with van der Waals surface area (Å²) in [5.41, 5.74) is 2.16. The second-order valence-electron chi connectivity index (χ2n) is 3.85. The number of nitrogens with zero attached hydrogens (tertiary/aromatic N) is 5. The Morgan fingerprint density at radius 2 is 1.79 bits per heavy atom. The Morgan fingerprint density at radius 3 is 2.58 bits per heavy atom. The van der Waals surface area contributed by atoms with E-state index >= 15 is 0 Å². The smallest absolute Gasteiger partial charge is 0.214 e.